The van der Waals surface area contributed by atoms with Crippen LogP contribution >= 0.6 is 11.8 Å². The molecule has 0 radical (unpaired) electrons. The van der Waals surface area contributed by atoms with Crippen molar-refractivity contribution >= 4 is 11.8 Å². The Kier molecular flexibility index (Phi) is 4.79. The van der Waals surface area contributed by atoms with Gasteiger partial charge in [-0.05, 0) is 43.5 Å². The zero-order chi connectivity index (χ0) is 12.3. The van der Waals surface area contributed by atoms with Crippen molar-refractivity contribution in [3.05, 3.63) is 0 Å². The molecule has 2 heterocycles. The predicted molar refractivity (Wildman–Crippen MR) is 77.8 cm³/mol. The highest BCUT2D eigenvalue weighted by Gasteiger charge is 2.36. The van der Waals surface area contributed by atoms with Crippen molar-refractivity contribution in [1.82, 2.24) is 10.2 Å². The molecule has 0 aromatic heterocycles. The highest BCUT2D eigenvalue weighted by Crippen LogP contribution is 2.37. The van der Waals surface area contributed by atoms with E-state index < -0.39 is 0 Å². The van der Waals surface area contributed by atoms with Gasteiger partial charge in [0.05, 0.1) is 0 Å². The van der Waals surface area contributed by atoms with Crippen LogP contribution in [0.15, 0.2) is 0 Å². The number of hydrogen-bond acceptors (Lipinski definition) is 3. The van der Waals surface area contributed by atoms with Crippen LogP contribution in [-0.2, 0) is 0 Å². The standard InChI is InChI=1S/C14H28N2S/c1-4-16(10-12-6-5-8-15-12)13-11-17-9-7-14(13,2)3/h12-13,15H,4-11H2,1-3H3. The minimum atomic E-state index is 0.500. The van der Waals surface area contributed by atoms with Gasteiger partial charge in [0.2, 0.25) is 0 Å². The van der Waals surface area contributed by atoms with E-state index in [1.165, 1.54) is 50.4 Å². The summed E-state index contributed by atoms with van der Waals surface area (Å²) in [7, 11) is 0. The molecule has 2 nitrogen and oxygen atoms in total. The first-order valence-corrected chi connectivity index (χ1v) is 8.34. The average molecular weight is 256 g/mol. The number of hydrogen-bond donors (Lipinski definition) is 1. The van der Waals surface area contributed by atoms with Crippen LogP contribution in [-0.4, -0.2) is 48.1 Å². The van der Waals surface area contributed by atoms with Crippen LogP contribution in [0, 0.1) is 5.41 Å². The second-order valence-corrected chi connectivity index (χ2v) is 7.36. The third-order valence-electron chi connectivity index (χ3n) is 4.53. The van der Waals surface area contributed by atoms with E-state index in [4.69, 9.17) is 0 Å². The highest BCUT2D eigenvalue weighted by atomic mass is 32.2. The number of likely N-dealkylation sites (N-methyl/N-ethyl adjacent to an activating group) is 1. The summed E-state index contributed by atoms with van der Waals surface area (Å²) in [4.78, 5) is 2.73. The van der Waals surface area contributed by atoms with Crippen molar-refractivity contribution in [3.8, 4) is 0 Å². The van der Waals surface area contributed by atoms with Crippen molar-refractivity contribution in [2.24, 2.45) is 5.41 Å². The lowest BCUT2D eigenvalue weighted by atomic mass is 9.81. The molecule has 0 aliphatic carbocycles. The maximum atomic E-state index is 3.64. The van der Waals surface area contributed by atoms with Crippen molar-refractivity contribution in [1.29, 1.82) is 0 Å². The monoisotopic (exact) mass is 256 g/mol. The minimum Gasteiger partial charge on any atom is -0.313 e. The maximum Gasteiger partial charge on any atom is 0.0238 e. The van der Waals surface area contributed by atoms with Gasteiger partial charge in [-0.15, -0.1) is 0 Å². The van der Waals surface area contributed by atoms with E-state index >= 15 is 0 Å². The molecule has 100 valence electrons. The second-order valence-electron chi connectivity index (χ2n) is 6.21. The van der Waals surface area contributed by atoms with Crippen LogP contribution in [0.2, 0.25) is 0 Å². The van der Waals surface area contributed by atoms with Gasteiger partial charge >= 0.3 is 0 Å². The van der Waals surface area contributed by atoms with Crippen LogP contribution in [0.3, 0.4) is 0 Å². The summed E-state index contributed by atoms with van der Waals surface area (Å²) in [5.74, 6) is 2.68. The lowest BCUT2D eigenvalue weighted by Crippen LogP contribution is -2.52. The van der Waals surface area contributed by atoms with Gasteiger partial charge < -0.3 is 5.32 Å². The summed E-state index contributed by atoms with van der Waals surface area (Å²) in [5.41, 5.74) is 0.500. The van der Waals surface area contributed by atoms with E-state index in [0.29, 0.717) is 5.41 Å². The van der Waals surface area contributed by atoms with Gasteiger partial charge in [-0.25, -0.2) is 0 Å². The molecule has 2 saturated heterocycles. The first-order chi connectivity index (χ1) is 8.13. The fraction of sp³-hybridized carbons (Fsp3) is 1.00. The molecule has 0 aromatic rings. The third kappa shape index (κ3) is 3.39. The molecular formula is C14H28N2S. The molecule has 0 amide bonds. The lowest BCUT2D eigenvalue weighted by molar-refractivity contribution is 0.0942. The van der Waals surface area contributed by atoms with E-state index in [1.807, 2.05) is 0 Å². The summed E-state index contributed by atoms with van der Waals surface area (Å²) in [6, 6.07) is 1.52. The summed E-state index contributed by atoms with van der Waals surface area (Å²) in [6.07, 6.45) is 4.11. The van der Waals surface area contributed by atoms with Gasteiger partial charge in [-0.3, -0.25) is 4.90 Å². The summed E-state index contributed by atoms with van der Waals surface area (Å²) >= 11 is 2.14. The Labute approximate surface area is 111 Å². The largest absolute Gasteiger partial charge is 0.313 e. The first-order valence-electron chi connectivity index (χ1n) is 7.18. The molecule has 0 saturated carbocycles. The minimum absolute atomic E-state index is 0.500. The van der Waals surface area contributed by atoms with E-state index in [1.54, 1.807) is 0 Å². The van der Waals surface area contributed by atoms with Crippen LogP contribution in [0.5, 0.6) is 0 Å². The van der Waals surface area contributed by atoms with Crippen LogP contribution in [0.4, 0.5) is 0 Å². The van der Waals surface area contributed by atoms with E-state index in [-0.39, 0.29) is 0 Å². The van der Waals surface area contributed by atoms with Crippen LogP contribution < -0.4 is 5.32 Å². The normalized spacial score (nSPS) is 33.2. The average Bonchev–Trinajstić information content (AvgIpc) is 2.79. The van der Waals surface area contributed by atoms with Gasteiger partial charge in [-0.1, -0.05) is 20.8 Å². The zero-order valence-electron chi connectivity index (χ0n) is 11.7. The smallest absolute Gasteiger partial charge is 0.0238 e. The Morgan fingerprint density at radius 3 is 2.82 bits per heavy atom. The molecule has 0 bridgehead atoms. The van der Waals surface area contributed by atoms with Crippen molar-refractivity contribution in [2.75, 3.05) is 31.1 Å². The van der Waals surface area contributed by atoms with Gasteiger partial charge in [0, 0.05) is 24.4 Å². The maximum absolute atomic E-state index is 3.64. The molecule has 2 atom stereocenters. The number of nitrogens with zero attached hydrogens (tertiary/aromatic N) is 1. The van der Waals surface area contributed by atoms with Gasteiger partial charge in [-0.2, -0.15) is 11.8 Å². The molecule has 2 fully saturated rings. The first kappa shape index (κ1) is 13.7. The van der Waals surface area contributed by atoms with Crippen LogP contribution in [0.25, 0.3) is 0 Å². The molecule has 0 aromatic carbocycles. The fourth-order valence-corrected chi connectivity index (χ4v) is 4.92. The lowest BCUT2D eigenvalue weighted by Gasteiger charge is -2.45. The number of nitrogens with one attached hydrogen (secondary N) is 1. The van der Waals surface area contributed by atoms with Crippen molar-refractivity contribution in [2.45, 2.75) is 52.1 Å². The molecule has 1 N–H and O–H groups in total. The Morgan fingerprint density at radius 1 is 1.41 bits per heavy atom. The fourth-order valence-electron chi connectivity index (χ4n) is 3.19. The topological polar surface area (TPSA) is 15.3 Å². The summed E-state index contributed by atoms with van der Waals surface area (Å²) in [5, 5.41) is 3.64. The molecule has 17 heavy (non-hydrogen) atoms. The molecule has 2 aliphatic rings. The predicted octanol–water partition coefficient (Wildman–Crippen LogP) is 2.59. The van der Waals surface area contributed by atoms with Crippen molar-refractivity contribution in [3.63, 3.8) is 0 Å². The molecular weight excluding hydrogens is 228 g/mol. The molecule has 3 heteroatoms. The highest BCUT2D eigenvalue weighted by molar-refractivity contribution is 7.99. The molecule has 2 rings (SSSR count). The van der Waals surface area contributed by atoms with Gasteiger partial charge in [0.15, 0.2) is 0 Å². The quantitative estimate of drug-likeness (QED) is 0.832. The molecule has 0 spiro atoms. The second kappa shape index (κ2) is 5.94. The zero-order valence-corrected chi connectivity index (χ0v) is 12.5. The van der Waals surface area contributed by atoms with E-state index in [9.17, 15) is 0 Å². The number of thioether (sulfide) groups is 1. The van der Waals surface area contributed by atoms with Crippen molar-refractivity contribution < 1.29 is 0 Å². The Balaban J connectivity index is 1.95. The summed E-state index contributed by atoms with van der Waals surface area (Å²) in [6.45, 7) is 10.9. The Hall–Kier alpha value is 0.270. The Morgan fingerprint density at radius 2 is 2.24 bits per heavy atom. The van der Waals surface area contributed by atoms with Gasteiger partial charge in [0.1, 0.15) is 0 Å². The van der Waals surface area contributed by atoms with E-state index in [0.717, 1.165) is 12.1 Å². The SMILES string of the molecule is CCN(CC1CCCN1)C1CSCCC1(C)C. The third-order valence-corrected chi connectivity index (χ3v) is 5.58. The molecule has 2 aliphatic heterocycles. The number of rotatable bonds is 4. The van der Waals surface area contributed by atoms with E-state index in [2.05, 4.69) is 42.7 Å². The van der Waals surface area contributed by atoms with Gasteiger partial charge in [0.25, 0.3) is 0 Å². The summed E-state index contributed by atoms with van der Waals surface area (Å²) < 4.78 is 0. The molecule has 2 unspecified atom stereocenters. The Bertz CT molecular complexity index is 236. The van der Waals surface area contributed by atoms with Crippen LogP contribution in [0.1, 0.15) is 40.0 Å².